The van der Waals surface area contributed by atoms with E-state index in [1.54, 1.807) is 0 Å². The van der Waals surface area contributed by atoms with E-state index in [2.05, 4.69) is 142 Å². The van der Waals surface area contributed by atoms with E-state index >= 15 is 0 Å². The van der Waals surface area contributed by atoms with Crippen LogP contribution in [0.15, 0.2) is 121 Å². The van der Waals surface area contributed by atoms with Gasteiger partial charge < -0.3 is 16.9 Å². The van der Waals surface area contributed by atoms with E-state index in [0.717, 1.165) is 0 Å². The van der Waals surface area contributed by atoms with E-state index in [-0.39, 0.29) is 12.4 Å². The normalized spacial score (nSPS) is 10.7. The second-order valence-corrected chi connectivity index (χ2v) is 10.5. The molecule has 0 aliphatic carbocycles. The van der Waals surface area contributed by atoms with Crippen LogP contribution in [0.5, 0.6) is 0 Å². The summed E-state index contributed by atoms with van der Waals surface area (Å²) < 4.78 is 1.20. The van der Waals surface area contributed by atoms with Gasteiger partial charge in [0.25, 0.3) is 0 Å². The Morgan fingerprint density at radius 3 is 1.06 bits per heavy atom. The molecule has 4 rings (SSSR count). The van der Waals surface area contributed by atoms with Crippen molar-refractivity contribution in [3.8, 4) is 0 Å². The monoisotopic (exact) mass is 489 g/mol. The Morgan fingerprint density at radius 2 is 0.765 bits per heavy atom. The Balaban J connectivity index is 0.000000245. The molecule has 178 valence electrons. The van der Waals surface area contributed by atoms with Crippen molar-refractivity contribution < 1.29 is 16.9 Å². The predicted octanol–water partition coefficient (Wildman–Crippen LogP) is 3.51. The summed E-state index contributed by atoms with van der Waals surface area (Å²) in [4.78, 5) is 0. The van der Waals surface area contributed by atoms with E-state index < -0.39 is 7.92 Å². The van der Waals surface area contributed by atoms with Crippen molar-refractivity contribution in [2.75, 3.05) is 19.6 Å². The van der Waals surface area contributed by atoms with Crippen LogP contribution in [0.2, 0.25) is 0 Å². The third-order valence-corrected chi connectivity index (χ3v) is 8.86. The smallest absolute Gasteiger partial charge is 0.104 e. The highest BCUT2D eigenvalue weighted by Crippen LogP contribution is 2.32. The van der Waals surface area contributed by atoms with Crippen molar-refractivity contribution >= 4 is 23.8 Å². The van der Waals surface area contributed by atoms with E-state index in [1.807, 2.05) is 0 Å². The first-order valence-corrected chi connectivity index (χ1v) is 13.4. The van der Waals surface area contributed by atoms with E-state index in [4.69, 9.17) is 0 Å². The zero-order valence-corrected chi connectivity index (χ0v) is 22.3. The molecule has 4 aromatic rings. The average molecular weight is 490 g/mol. The fourth-order valence-electron chi connectivity index (χ4n) is 4.16. The molecule has 1 nitrogen and oxygen atoms in total. The second kappa shape index (κ2) is 14.7. The number of hydrogen-bond acceptors (Lipinski definition) is 0. The minimum absolute atomic E-state index is 0. The zero-order chi connectivity index (χ0) is 23.4. The van der Waals surface area contributed by atoms with E-state index in [9.17, 15) is 0 Å². The fourth-order valence-corrected chi connectivity index (χ4v) is 6.46. The third kappa shape index (κ3) is 7.81. The summed E-state index contributed by atoms with van der Waals surface area (Å²) in [6, 6.07) is 43.1. The second-order valence-electron chi connectivity index (χ2n) is 8.28. The summed E-state index contributed by atoms with van der Waals surface area (Å²) >= 11 is 0. The highest BCUT2D eigenvalue weighted by molar-refractivity contribution is 7.79. The molecule has 0 fully saturated rings. The van der Waals surface area contributed by atoms with Crippen LogP contribution in [0.25, 0.3) is 0 Å². The first-order chi connectivity index (χ1) is 16.2. The van der Waals surface area contributed by atoms with Crippen LogP contribution in [0.4, 0.5) is 0 Å². The Hall–Kier alpha value is -2.44. The number of benzene rings is 4. The van der Waals surface area contributed by atoms with Gasteiger partial charge in [-0.2, -0.15) is 0 Å². The maximum absolute atomic E-state index is 2.29. The molecular weight excluding hydrogens is 453 g/mol. The molecule has 0 atom stereocenters. The summed E-state index contributed by atoms with van der Waals surface area (Å²) in [5, 5.41) is 4.19. The van der Waals surface area contributed by atoms with Crippen molar-refractivity contribution in [1.82, 2.24) is 0 Å². The molecule has 0 aliphatic rings. The van der Waals surface area contributed by atoms with Crippen molar-refractivity contribution in [3.63, 3.8) is 0 Å². The van der Waals surface area contributed by atoms with Gasteiger partial charge in [0.1, 0.15) is 6.54 Å². The van der Waals surface area contributed by atoms with Gasteiger partial charge in [-0.25, -0.2) is 0 Å². The molecule has 0 aliphatic heterocycles. The van der Waals surface area contributed by atoms with Crippen LogP contribution in [0.1, 0.15) is 26.3 Å². The Morgan fingerprint density at radius 1 is 0.471 bits per heavy atom. The quantitative estimate of drug-likeness (QED) is 0.262. The van der Waals surface area contributed by atoms with Gasteiger partial charge in [-0.05, 0) is 44.6 Å². The van der Waals surface area contributed by atoms with Crippen molar-refractivity contribution in [3.05, 3.63) is 127 Å². The molecule has 4 aromatic carbocycles. The lowest BCUT2D eigenvalue weighted by molar-refractivity contribution is -0.936. The van der Waals surface area contributed by atoms with Crippen LogP contribution in [0, 0.1) is 0 Å². The lowest BCUT2D eigenvalue weighted by Gasteiger charge is -2.35. The van der Waals surface area contributed by atoms with Crippen molar-refractivity contribution in [1.29, 1.82) is 0 Å². The van der Waals surface area contributed by atoms with Crippen LogP contribution in [0.3, 0.4) is 0 Å². The van der Waals surface area contributed by atoms with Crippen molar-refractivity contribution in [2.45, 2.75) is 27.3 Å². The summed E-state index contributed by atoms with van der Waals surface area (Å²) in [7, 11) is -0.446. The van der Waals surface area contributed by atoms with Crippen LogP contribution < -0.4 is 28.3 Å². The molecule has 0 aromatic heterocycles. The maximum atomic E-state index is 2.29. The van der Waals surface area contributed by atoms with E-state index in [1.165, 1.54) is 52.1 Å². The van der Waals surface area contributed by atoms with Gasteiger partial charge >= 0.3 is 0 Å². The van der Waals surface area contributed by atoms with Gasteiger partial charge in [0.2, 0.25) is 0 Å². The molecule has 0 bridgehead atoms. The van der Waals surface area contributed by atoms with Gasteiger partial charge in [-0.1, -0.05) is 121 Å². The predicted molar refractivity (Wildman–Crippen MR) is 147 cm³/mol. The first kappa shape index (κ1) is 27.8. The number of nitrogens with zero attached hydrogens (tertiary/aromatic N) is 1. The molecule has 0 amide bonds. The maximum Gasteiger partial charge on any atom is 0.104 e. The highest BCUT2D eigenvalue weighted by Gasteiger charge is 2.20. The third-order valence-electron chi connectivity index (χ3n) is 6.42. The lowest BCUT2D eigenvalue weighted by Crippen LogP contribution is -3.00. The first-order valence-electron chi connectivity index (χ1n) is 12.1. The molecule has 0 heterocycles. The Kier molecular flexibility index (Phi) is 12.1. The minimum atomic E-state index is -0.446. The topological polar surface area (TPSA) is 0 Å². The zero-order valence-electron chi connectivity index (χ0n) is 20.6. The highest BCUT2D eigenvalue weighted by atomic mass is 35.5. The van der Waals surface area contributed by atoms with Gasteiger partial charge in [0, 0.05) is 5.56 Å². The molecule has 0 saturated heterocycles. The van der Waals surface area contributed by atoms with Crippen LogP contribution in [-0.2, 0) is 6.54 Å². The standard InChI is InChI=1S/C18H15P.C13H22N.ClH/c1-4-10-16(11-5-1)19(17-12-6-2-7-13-17)18-14-8-3-9-15-18;1-4-14(5-2,6-3)12-13-10-8-7-9-11-13;/h1-15H;7-11H,4-6,12H2,1-3H3;1H/q;+1;/p-1. The Bertz CT molecular complexity index is 934. The largest absolute Gasteiger partial charge is 1.00 e. The van der Waals surface area contributed by atoms with Gasteiger partial charge in [-0.3, -0.25) is 0 Å². The molecule has 3 heteroatoms. The molecule has 0 spiro atoms. The van der Waals surface area contributed by atoms with Crippen molar-refractivity contribution in [2.24, 2.45) is 0 Å². The summed E-state index contributed by atoms with van der Waals surface area (Å²) in [6.07, 6.45) is 0. The number of hydrogen-bond donors (Lipinski definition) is 0. The summed E-state index contributed by atoms with van der Waals surface area (Å²) in [5.74, 6) is 0. The molecule has 0 saturated carbocycles. The summed E-state index contributed by atoms with van der Waals surface area (Å²) in [5.41, 5.74) is 1.46. The molecule has 0 radical (unpaired) electrons. The SMILES string of the molecule is CC[N+](CC)(CC)Cc1ccccc1.[Cl-].c1ccc(P(c2ccccc2)c2ccccc2)cc1. The fraction of sp³-hybridized carbons (Fsp3) is 0.226. The van der Waals surface area contributed by atoms with Gasteiger partial charge in [-0.15, -0.1) is 0 Å². The summed E-state index contributed by atoms with van der Waals surface area (Å²) in [6.45, 7) is 11.7. The lowest BCUT2D eigenvalue weighted by atomic mass is 10.2. The minimum Gasteiger partial charge on any atom is -1.00 e. The van der Waals surface area contributed by atoms with Gasteiger partial charge in [0.05, 0.1) is 19.6 Å². The molecule has 0 N–H and O–H groups in total. The molecular formula is C31H37ClNP. The number of quaternary nitrogens is 1. The Labute approximate surface area is 214 Å². The van der Waals surface area contributed by atoms with Crippen LogP contribution in [-0.4, -0.2) is 24.1 Å². The van der Waals surface area contributed by atoms with Gasteiger partial charge in [0.15, 0.2) is 0 Å². The van der Waals surface area contributed by atoms with E-state index in [0.29, 0.717) is 0 Å². The molecule has 0 unspecified atom stereocenters. The van der Waals surface area contributed by atoms with Crippen LogP contribution >= 0.6 is 7.92 Å². The number of rotatable bonds is 8. The number of halogens is 1. The average Bonchev–Trinajstić information content (AvgIpc) is 2.90. The molecule has 34 heavy (non-hydrogen) atoms.